The fraction of sp³-hybridized carbons (Fsp3) is 0.560. The number of hydrogen-bond donors (Lipinski definition) is 3. The smallest absolute Gasteiger partial charge is 0.240 e. The van der Waals surface area contributed by atoms with Crippen LogP contribution in [0.3, 0.4) is 0 Å². The molecule has 0 spiro atoms. The van der Waals surface area contributed by atoms with Gasteiger partial charge in [-0.05, 0) is 30.0 Å². The molecular weight excluding hydrogens is 483 g/mol. The summed E-state index contributed by atoms with van der Waals surface area (Å²) in [6, 6.07) is 2.83. The third-order valence-electron chi connectivity index (χ3n) is 7.13. The number of benzene rings is 1. The highest BCUT2D eigenvalue weighted by atomic mass is 35.5. The number of alkyl halides is 1. The van der Waals surface area contributed by atoms with Crippen molar-refractivity contribution >= 4 is 29.1 Å². The van der Waals surface area contributed by atoms with Crippen molar-refractivity contribution in [1.29, 1.82) is 0 Å². The van der Waals surface area contributed by atoms with E-state index in [1.54, 1.807) is 18.2 Å². The molecule has 0 bridgehead atoms. The van der Waals surface area contributed by atoms with Gasteiger partial charge in [0.25, 0.3) is 0 Å². The van der Waals surface area contributed by atoms with E-state index in [1.807, 2.05) is 20.8 Å². The van der Waals surface area contributed by atoms with Gasteiger partial charge in [0.15, 0.2) is 0 Å². The van der Waals surface area contributed by atoms with Crippen LogP contribution < -0.4 is 11.1 Å². The van der Waals surface area contributed by atoms with Crippen LogP contribution >= 0.6 is 23.2 Å². The number of amides is 1. The van der Waals surface area contributed by atoms with E-state index >= 15 is 8.78 Å². The van der Waals surface area contributed by atoms with Crippen LogP contribution in [0.1, 0.15) is 32.8 Å². The molecule has 9 heteroatoms. The number of likely N-dealkylation sites (tertiary alicyclic amines) is 1. The number of aliphatic hydroxyl groups is 1. The molecule has 186 valence electrons. The molecule has 0 aromatic heterocycles. The van der Waals surface area contributed by atoms with Gasteiger partial charge in [-0.25, -0.2) is 8.78 Å². The van der Waals surface area contributed by atoms with Crippen molar-refractivity contribution in [3.05, 3.63) is 57.9 Å². The Kier molecular flexibility index (Phi) is 6.90. The van der Waals surface area contributed by atoms with Gasteiger partial charge in [-0.3, -0.25) is 4.79 Å². The van der Waals surface area contributed by atoms with E-state index in [-0.39, 0.29) is 40.0 Å². The molecule has 1 amide bonds. The monoisotopic (exact) mass is 513 g/mol. The van der Waals surface area contributed by atoms with Crippen LogP contribution in [0.5, 0.6) is 0 Å². The largest absolute Gasteiger partial charge is 0.389 e. The van der Waals surface area contributed by atoms with E-state index < -0.39 is 47.6 Å². The van der Waals surface area contributed by atoms with Crippen molar-refractivity contribution in [2.75, 3.05) is 13.1 Å². The number of aliphatic hydroxyl groups excluding tert-OH is 1. The van der Waals surface area contributed by atoms with Crippen molar-refractivity contribution < 1.29 is 18.7 Å². The molecule has 0 radical (unpaired) electrons. The minimum atomic E-state index is -1.59. The van der Waals surface area contributed by atoms with E-state index in [1.165, 1.54) is 23.1 Å². The lowest BCUT2D eigenvalue weighted by Gasteiger charge is -2.44. The SMILES string of the molecule is CC(C)(C)CC1NC(C(=O)N2CC(O)C2)C(C2C=CC=C(Cl)C2F)C1(N)c1ccc(Cl)cc1F. The average molecular weight is 514 g/mol. The van der Waals surface area contributed by atoms with Gasteiger partial charge in [0, 0.05) is 41.6 Å². The number of rotatable bonds is 4. The highest BCUT2D eigenvalue weighted by molar-refractivity contribution is 6.30. The third-order valence-corrected chi connectivity index (χ3v) is 7.70. The van der Waals surface area contributed by atoms with Crippen LogP contribution in [0.25, 0.3) is 0 Å². The second kappa shape index (κ2) is 9.17. The van der Waals surface area contributed by atoms with Gasteiger partial charge in [-0.2, -0.15) is 0 Å². The predicted molar refractivity (Wildman–Crippen MR) is 130 cm³/mol. The standard InChI is InChI=1S/C25H31Cl2F2N3O2/c1-24(2,3)10-19-25(30,16-8-7-13(26)9-18(16)28)20(15-5-4-6-17(27)21(15)29)22(31-19)23(34)32-11-14(33)12-32/h4-9,14-15,19-22,31,33H,10-12,30H2,1-3H3. The maximum Gasteiger partial charge on any atom is 0.240 e. The molecule has 3 aliphatic rings. The molecule has 4 N–H and O–H groups in total. The molecule has 2 fully saturated rings. The normalized spacial score (nSPS) is 34.2. The van der Waals surface area contributed by atoms with E-state index in [9.17, 15) is 9.90 Å². The minimum Gasteiger partial charge on any atom is -0.389 e. The zero-order valence-electron chi connectivity index (χ0n) is 19.4. The van der Waals surface area contributed by atoms with Gasteiger partial charge in [0.2, 0.25) is 5.91 Å². The number of carbonyl (C=O) groups excluding carboxylic acids is 1. The Morgan fingerprint density at radius 2 is 2.00 bits per heavy atom. The Balaban J connectivity index is 1.87. The molecule has 1 aromatic carbocycles. The van der Waals surface area contributed by atoms with E-state index in [0.29, 0.717) is 6.42 Å². The highest BCUT2D eigenvalue weighted by Gasteiger charge is 2.61. The highest BCUT2D eigenvalue weighted by Crippen LogP contribution is 2.50. The first kappa shape index (κ1) is 25.6. The maximum atomic E-state index is 15.6. The molecule has 2 heterocycles. The average Bonchev–Trinajstić information content (AvgIpc) is 2.98. The Bertz CT molecular complexity index is 1020. The zero-order chi connectivity index (χ0) is 25.0. The summed E-state index contributed by atoms with van der Waals surface area (Å²) in [5.41, 5.74) is 5.66. The van der Waals surface area contributed by atoms with Gasteiger partial charge in [-0.15, -0.1) is 0 Å². The van der Waals surface area contributed by atoms with Crippen LogP contribution in [-0.2, 0) is 10.3 Å². The summed E-state index contributed by atoms with van der Waals surface area (Å²) in [6.07, 6.45) is 3.10. The first-order valence-corrected chi connectivity index (χ1v) is 12.2. The summed E-state index contributed by atoms with van der Waals surface area (Å²) in [5, 5.41) is 13.3. The van der Waals surface area contributed by atoms with Gasteiger partial charge in [-0.1, -0.05) is 62.2 Å². The van der Waals surface area contributed by atoms with Gasteiger partial charge < -0.3 is 21.1 Å². The summed E-state index contributed by atoms with van der Waals surface area (Å²) in [4.78, 5) is 15.1. The lowest BCUT2D eigenvalue weighted by atomic mass is 9.65. The van der Waals surface area contributed by atoms with E-state index in [0.717, 1.165) is 0 Å². The Morgan fingerprint density at radius 3 is 2.59 bits per heavy atom. The van der Waals surface area contributed by atoms with Crippen molar-refractivity contribution in [2.45, 2.75) is 57.1 Å². The van der Waals surface area contributed by atoms with Crippen molar-refractivity contribution in [2.24, 2.45) is 23.0 Å². The molecule has 2 aliphatic heterocycles. The van der Waals surface area contributed by atoms with E-state index in [4.69, 9.17) is 28.9 Å². The first-order chi connectivity index (χ1) is 15.8. The van der Waals surface area contributed by atoms with Crippen molar-refractivity contribution in [3.8, 4) is 0 Å². The van der Waals surface area contributed by atoms with Gasteiger partial charge in [0.1, 0.15) is 12.0 Å². The van der Waals surface area contributed by atoms with Crippen LogP contribution in [0, 0.1) is 23.1 Å². The molecular formula is C25H31Cl2F2N3O2. The predicted octanol–water partition coefficient (Wildman–Crippen LogP) is 3.88. The number of nitrogens with two attached hydrogens (primary N) is 1. The Hall–Kier alpha value is -1.51. The summed E-state index contributed by atoms with van der Waals surface area (Å²) < 4.78 is 31.0. The summed E-state index contributed by atoms with van der Waals surface area (Å²) in [7, 11) is 0. The van der Waals surface area contributed by atoms with Crippen LogP contribution in [0.15, 0.2) is 41.5 Å². The quantitative estimate of drug-likeness (QED) is 0.570. The number of nitrogens with zero attached hydrogens (tertiary/aromatic N) is 1. The fourth-order valence-electron chi connectivity index (χ4n) is 5.56. The number of hydrogen-bond acceptors (Lipinski definition) is 4. The molecule has 4 rings (SSSR count). The van der Waals surface area contributed by atoms with Crippen LogP contribution in [-0.4, -0.2) is 53.4 Å². The second-order valence-electron chi connectivity index (χ2n) is 10.9. The molecule has 34 heavy (non-hydrogen) atoms. The number of halogens is 4. The number of carbonyl (C=O) groups is 1. The number of allylic oxidation sites excluding steroid dienone is 4. The summed E-state index contributed by atoms with van der Waals surface area (Å²) in [5.74, 6) is -2.61. The number of nitrogens with one attached hydrogen (secondary N) is 1. The molecule has 1 aliphatic carbocycles. The fourth-order valence-corrected chi connectivity index (χ4v) is 5.94. The van der Waals surface area contributed by atoms with Gasteiger partial charge in [0.05, 0.1) is 22.7 Å². The van der Waals surface area contributed by atoms with E-state index in [2.05, 4.69) is 5.32 Å². The topological polar surface area (TPSA) is 78.6 Å². The lowest BCUT2D eigenvalue weighted by Crippen LogP contribution is -2.60. The lowest BCUT2D eigenvalue weighted by molar-refractivity contribution is -0.145. The minimum absolute atomic E-state index is 0.0104. The third kappa shape index (κ3) is 4.53. The molecule has 5 nitrogen and oxygen atoms in total. The molecule has 6 atom stereocenters. The zero-order valence-corrected chi connectivity index (χ0v) is 21.0. The summed E-state index contributed by atoms with van der Waals surface area (Å²) in [6.45, 7) is 6.48. The van der Waals surface area contributed by atoms with Gasteiger partial charge >= 0.3 is 0 Å². The number of β-amino-alcohol motifs (C(OH)–C–C–N with tert-alkyl or cyclic N) is 1. The van der Waals surface area contributed by atoms with Crippen molar-refractivity contribution in [1.82, 2.24) is 10.2 Å². The maximum absolute atomic E-state index is 15.6. The molecule has 2 saturated heterocycles. The molecule has 6 unspecified atom stereocenters. The molecule has 0 saturated carbocycles. The van der Waals surface area contributed by atoms with Crippen LogP contribution in [0.4, 0.5) is 8.78 Å². The Morgan fingerprint density at radius 1 is 1.32 bits per heavy atom. The van der Waals surface area contributed by atoms with Crippen molar-refractivity contribution in [3.63, 3.8) is 0 Å². The summed E-state index contributed by atoms with van der Waals surface area (Å²) >= 11 is 12.2. The van der Waals surface area contributed by atoms with Crippen LogP contribution in [0.2, 0.25) is 5.02 Å². The second-order valence-corrected chi connectivity index (χ2v) is 11.7. The molecule has 1 aromatic rings. The first-order valence-electron chi connectivity index (χ1n) is 11.5. The Labute approximate surface area is 209 Å².